The number of hydrogen-bond acceptors (Lipinski definition) is 3. The van der Waals surface area contributed by atoms with Gasteiger partial charge in [0.05, 0.1) is 5.56 Å². The van der Waals surface area contributed by atoms with Gasteiger partial charge in [-0.1, -0.05) is 12.1 Å². The van der Waals surface area contributed by atoms with Crippen LogP contribution in [-0.4, -0.2) is 28.0 Å². The quantitative estimate of drug-likeness (QED) is 0.759. The van der Waals surface area contributed by atoms with Crippen molar-refractivity contribution in [3.8, 4) is 0 Å². The molecule has 0 unspecified atom stereocenters. The molecule has 0 aliphatic rings. The predicted octanol–water partition coefficient (Wildman–Crippen LogP) is 2.11. The van der Waals surface area contributed by atoms with Gasteiger partial charge < -0.3 is 10.4 Å². The second kappa shape index (κ2) is 7.16. The van der Waals surface area contributed by atoms with Gasteiger partial charge in [0, 0.05) is 22.4 Å². The van der Waals surface area contributed by atoms with Crippen molar-refractivity contribution in [2.45, 2.75) is 12.5 Å². The average molecular weight is 396 g/mol. The molecule has 0 saturated heterocycles. The number of nitrogens with zero attached hydrogens (tertiary/aromatic N) is 1. The van der Waals surface area contributed by atoms with E-state index in [4.69, 9.17) is 0 Å². The van der Waals surface area contributed by atoms with Gasteiger partial charge in [0.1, 0.15) is 6.04 Å². The number of amides is 1. The zero-order valence-corrected chi connectivity index (χ0v) is 13.1. The molecule has 0 bridgehead atoms. The maximum atomic E-state index is 12.0. The van der Waals surface area contributed by atoms with Crippen molar-refractivity contribution in [3.05, 3.63) is 63.5 Å². The predicted molar refractivity (Wildman–Crippen MR) is 86.0 cm³/mol. The maximum Gasteiger partial charge on any atom is 0.326 e. The lowest BCUT2D eigenvalue weighted by atomic mass is 10.1. The summed E-state index contributed by atoms with van der Waals surface area (Å²) >= 11 is 2.16. The first-order valence-corrected chi connectivity index (χ1v) is 7.32. The molecule has 1 amide bonds. The fourth-order valence-corrected chi connectivity index (χ4v) is 2.45. The molecule has 0 radical (unpaired) electrons. The van der Waals surface area contributed by atoms with E-state index in [1.165, 1.54) is 6.20 Å². The first-order valence-electron chi connectivity index (χ1n) is 6.24. The second-order valence-electron chi connectivity index (χ2n) is 4.44. The van der Waals surface area contributed by atoms with Gasteiger partial charge in [-0.15, -0.1) is 0 Å². The molecule has 2 N–H and O–H groups in total. The maximum absolute atomic E-state index is 12.0. The van der Waals surface area contributed by atoms with Gasteiger partial charge in [-0.05, 0) is 52.4 Å². The van der Waals surface area contributed by atoms with Crippen molar-refractivity contribution in [2.24, 2.45) is 0 Å². The number of carbonyl (C=O) groups is 2. The highest BCUT2D eigenvalue weighted by Gasteiger charge is 2.21. The van der Waals surface area contributed by atoms with Crippen LogP contribution in [0.2, 0.25) is 0 Å². The van der Waals surface area contributed by atoms with Crippen LogP contribution in [0.15, 0.2) is 48.8 Å². The zero-order valence-electron chi connectivity index (χ0n) is 11.0. The van der Waals surface area contributed by atoms with E-state index >= 15 is 0 Å². The normalized spacial score (nSPS) is 11.7. The van der Waals surface area contributed by atoms with Crippen molar-refractivity contribution < 1.29 is 14.7 Å². The first-order chi connectivity index (χ1) is 10.1. The van der Waals surface area contributed by atoms with E-state index in [0.717, 1.165) is 9.13 Å². The molecule has 2 rings (SSSR count). The number of carbonyl (C=O) groups excluding carboxylic acids is 1. The molecular formula is C15H13IN2O3. The summed E-state index contributed by atoms with van der Waals surface area (Å²) in [5.74, 6) is -1.51. The molecule has 1 aromatic heterocycles. The number of carboxylic acids is 1. The minimum Gasteiger partial charge on any atom is -0.480 e. The largest absolute Gasteiger partial charge is 0.480 e. The summed E-state index contributed by atoms with van der Waals surface area (Å²) in [4.78, 5) is 27.2. The van der Waals surface area contributed by atoms with Crippen LogP contribution in [0.4, 0.5) is 0 Å². The van der Waals surface area contributed by atoms with E-state index in [1.54, 1.807) is 18.3 Å². The van der Waals surface area contributed by atoms with Crippen molar-refractivity contribution in [1.82, 2.24) is 10.3 Å². The number of hydrogen-bond donors (Lipinski definition) is 2. The molecule has 108 valence electrons. The molecule has 1 aromatic carbocycles. The van der Waals surface area contributed by atoms with Gasteiger partial charge in [-0.2, -0.15) is 0 Å². The van der Waals surface area contributed by atoms with E-state index in [9.17, 15) is 14.7 Å². The highest BCUT2D eigenvalue weighted by molar-refractivity contribution is 14.1. The Morgan fingerprint density at radius 1 is 1.29 bits per heavy atom. The number of benzene rings is 1. The number of nitrogens with one attached hydrogen (secondary N) is 1. The van der Waals surface area contributed by atoms with Crippen molar-refractivity contribution in [2.75, 3.05) is 0 Å². The summed E-state index contributed by atoms with van der Waals surface area (Å²) in [6.45, 7) is 0. The number of pyridine rings is 1. The minimum atomic E-state index is -1.06. The Labute approximate surface area is 135 Å². The summed E-state index contributed by atoms with van der Waals surface area (Å²) in [7, 11) is 0. The molecule has 0 saturated carbocycles. The Kier molecular flexibility index (Phi) is 5.26. The Bertz CT molecular complexity index is 646. The molecule has 6 heteroatoms. The third-order valence-corrected chi connectivity index (χ3v) is 3.53. The second-order valence-corrected chi connectivity index (χ2v) is 5.69. The zero-order chi connectivity index (χ0) is 15.2. The van der Waals surface area contributed by atoms with E-state index < -0.39 is 17.9 Å². The van der Waals surface area contributed by atoms with Crippen molar-refractivity contribution in [3.63, 3.8) is 0 Å². The van der Waals surface area contributed by atoms with Crippen molar-refractivity contribution >= 4 is 34.5 Å². The van der Waals surface area contributed by atoms with Crippen LogP contribution in [0.3, 0.4) is 0 Å². The SMILES string of the molecule is O=C(N[C@H](Cc1cccc(I)c1)C(=O)O)c1cccnc1. The molecule has 2 aromatic rings. The van der Waals surface area contributed by atoms with Crippen LogP contribution in [-0.2, 0) is 11.2 Å². The van der Waals surface area contributed by atoms with Gasteiger partial charge >= 0.3 is 5.97 Å². The number of carboxylic acid groups (broad SMARTS) is 1. The number of aromatic nitrogens is 1. The van der Waals surface area contributed by atoms with Crippen LogP contribution in [0.5, 0.6) is 0 Å². The van der Waals surface area contributed by atoms with Crippen LogP contribution in [0.1, 0.15) is 15.9 Å². The van der Waals surface area contributed by atoms with Crippen LogP contribution in [0, 0.1) is 3.57 Å². The lowest BCUT2D eigenvalue weighted by molar-refractivity contribution is -0.139. The number of rotatable bonds is 5. The fourth-order valence-electron chi connectivity index (χ4n) is 1.84. The summed E-state index contributed by atoms with van der Waals surface area (Å²) in [6.07, 6.45) is 3.19. The molecule has 1 heterocycles. The smallest absolute Gasteiger partial charge is 0.326 e. The lowest BCUT2D eigenvalue weighted by Crippen LogP contribution is -2.42. The Morgan fingerprint density at radius 2 is 2.10 bits per heavy atom. The summed E-state index contributed by atoms with van der Waals surface area (Å²) in [5, 5.41) is 11.8. The Balaban J connectivity index is 2.09. The van der Waals surface area contributed by atoms with Crippen LogP contribution in [0.25, 0.3) is 0 Å². The van der Waals surface area contributed by atoms with E-state index in [1.807, 2.05) is 24.3 Å². The molecule has 5 nitrogen and oxygen atoms in total. The molecule has 0 aliphatic heterocycles. The third-order valence-electron chi connectivity index (χ3n) is 2.86. The third kappa shape index (κ3) is 4.52. The standard InChI is InChI=1S/C15H13IN2O3/c16-12-5-1-3-10(7-12)8-13(15(20)21)18-14(19)11-4-2-6-17-9-11/h1-7,9,13H,8H2,(H,18,19)(H,20,21)/t13-/m1/s1. The summed E-state index contributed by atoms with van der Waals surface area (Å²) in [6, 6.07) is 9.77. The van der Waals surface area contributed by atoms with E-state index in [2.05, 4.69) is 32.9 Å². The monoisotopic (exact) mass is 396 g/mol. The van der Waals surface area contributed by atoms with Crippen molar-refractivity contribution in [1.29, 1.82) is 0 Å². The number of halogens is 1. The average Bonchev–Trinajstić information content (AvgIpc) is 2.47. The van der Waals surface area contributed by atoms with Gasteiger partial charge in [0.2, 0.25) is 0 Å². The van der Waals surface area contributed by atoms with E-state index in [0.29, 0.717) is 5.56 Å². The fraction of sp³-hybridized carbons (Fsp3) is 0.133. The van der Waals surface area contributed by atoms with Gasteiger partial charge in [-0.3, -0.25) is 9.78 Å². The topological polar surface area (TPSA) is 79.3 Å². The highest BCUT2D eigenvalue weighted by Crippen LogP contribution is 2.10. The van der Waals surface area contributed by atoms with Gasteiger partial charge in [-0.25, -0.2) is 4.79 Å². The molecule has 0 fully saturated rings. The molecule has 0 spiro atoms. The molecule has 21 heavy (non-hydrogen) atoms. The van der Waals surface area contributed by atoms with E-state index in [-0.39, 0.29) is 6.42 Å². The molecule has 1 atom stereocenters. The van der Waals surface area contributed by atoms with Gasteiger partial charge in [0.25, 0.3) is 5.91 Å². The summed E-state index contributed by atoms with van der Waals surface area (Å²) in [5.41, 5.74) is 1.20. The lowest BCUT2D eigenvalue weighted by Gasteiger charge is -2.14. The highest BCUT2D eigenvalue weighted by atomic mass is 127. The first kappa shape index (κ1) is 15.4. The molecule has 0 aliphatic carbocycles. The Hall–Kier alpha value is -1.96. The van der Waals surface area contributed by atoms with Crippen LogP contribution < -0.4 is 5.32 Å². The summed E-state index contributed by atoms with van der Waals surface area (Å²) < 4.78 is 1.02. The number of aliphatic carboxylic acids is 1. The van der Waals surface area contributed by atoms with Gasteiger partial charge in [0.15, 0.2) is 0 Å². The Morgan fingerprint density at radius 3 is 2.71 bits per heavy atom. The molecular weight excluding hydrogens is 383 g/mol. The minimum absolute atomic E-state index is 0.234. The van der Waals surface area contributed by atoms with Crippen LogP contribution >= 0.6 is 22.6 Å².